The fourth-order valence-electron chi connectivity index (χ4n) is 2.32. The van der Waals surface area contributed by atoms with Crippen LogP contribution in [0.15, 0.2) is 24.5 Å². The highest BCUT2D eigenvalue weighted by Gasteiger charge is 2.31. The van der Waals surface area contributed by atoms with Gasteiger partial charge in [0.2, 0.25) is 0 Å². The lowest BCUT2D eigenvalue weighted by Crippen LogP contribution is -3.00. The first-order valence-electron chi connectivity index (χ1n) is 7.14. The largest absolute Gasteiger partial charge is 1.00 e. The van der Waals surface area contributed by atoms with Gasteiger partial charge in [-0.05, 0) is 19.1 Å². The number of aryl methyl sites for hydroxylation is 1. The van der Waals surface area contributed by atoms with E-state index in [1.807, 2.05) is 34.1 Å². The normalized spacial score (nSPS) is 11.6. The number of aromatic nitrogens is 2. The number of halogens is 4. The minimum atomic E-state index is -4.80. The highest BCUT2D eigenvalue weighted by Crippen LogP contribution is 2.27. The summed E-state index contributed by atoms with van der Waals surface area (Å²) in [4.78, 5) is 4.27. The van der Waals surface area contributed by atoms with E-state index in [1.54, 1.807) is 10.9 Å². The Morgan fingerprint density at radius 2 is 1.92 bits per heavy atom. The maximum Gasteiger partial charge on any atom is 0.573 e. The molecule has 5 nitrogen and oxygen atoms in total. The number of quaternary nitrogens is 1. The van der Waals surface area contributed by atoms with Crippen molar-refractivity contribution in [3.05, 3.63) is 41.5 Å². The van der Waals surface area contributed by atoms with Gasteiger partial charge in [-0.15, -0.1) is 13.2 Å². The average Bonchev–Trinajstić information content (AvgIpc) is 2.76. The molecule has 0 aliphatic carbocycles. The molecule has 0 unspecified atom stereocenters. The van der Waals surface area contributed by atoms with E-state index in [0.717, 1.165) is 17.5 Å². The SMILES string of the molecule is Cc1ncn(-c2ccc(OC(F)(F)F)cc2C#N)c1C[N+](C)(C)C.[I-]. The predicted molar refractivity (Wildman–Crippen MR) is 81.4 cm³/mol. The Hall–Kier alpha value is -1.80. The van der Waals surface area contributed by atoms with E-state index >= 15 is 0 Å². The smallest absolute Gasteiger partial charge is 0.573 e. The van der Waals surface area contributed by atoms with Crippen LogP contribution in [0.2, 0.25) is 0 Å². The first kappa shape index (κ1) is 21.2. The molecule has 0 atom stereocenters. The van der Waals surface area contributed by atoms with Crippen LogP contribution in [0.3, 0.4) is 0 Å². The predicted octanol–water partition coefficient (Wildman–Crippen LogP) is 0.161. The van der Waals surface area contributed by atoms with Gasteiger partial charge in [-0.1, -0.05) is 0 Å². The van der Waals surface area contributed by atoms with Crippen LogP contribution in [0.25, 0.3) is 5.69 Å². The van der Waals surface area contributed by atoms with Gasteiger partial charge in [0.1, 0.15) is 24.1 Å². The van der Waals surface area contributed by atoms with E-state index in [4.69, 9.17) is 0 Å². The van der Waals surface area contributed by atoms with E-state index in [1.165, 1.54) is 12.1 Å². The Labute approximate surface area is 161 Å². The van der Waals surface area contributed by atoms with Crippen molar-refractivity contribution in [1.29, 1.82) is 5.26 Å². The summed E-state index contributed by atoms with van der Waals surface area (Å²) in [6, 6.07) is 5.62. The molecular formula is C16H18F3IN4O. The number of ether oxygens (including phenoxy) is 1. The number of alkyl halides is 3. The number of hydrogen-bond donors (Lipinski definition) is 0. The van der Waals surface area contributed by atoms with Crippen molar-refractivity contribution in [2.45, 2.75) is 19.8 Å². The minimum Gasteiger partial charge on any atom is -1.00 e. The molecule has 0 saturated heterocycles. The molecule has 0 amide bonds. The molecule has 2 aromatic rings. The average molecular weight is 466 g/mol. The van der Waals surface area contributed by atoms with E-state index in [0.29, 0.717) is 16.7 Å². The Kier molecular flexibility index (Phi) is 6.47. The zero-order valence-corrected chi connectivity index (χ0v) is 16.4. The van der Waals surface area contributed by atoms with Gasteiger partial charge in [0, 0.05) is 6.07 Å². The molecule has 0 saturated carbocycles. The van der Waals surface area contributed by atoms with Crippen molar-refractivity contribution in [2.75, 3.05) is 21.1 Å². The van der Waals surface area contributed by atoms with Crippen LogP contribution in [0.5, 0.6) is 5.75 Å². The van der Waals surface area contributed by atoms with Crippen molar-refractivity contribution in [3.63, 3.8) is 0 Å². The number of nitriles is 1. The summed E-state index contributed by atoms with van der Waals surface area (Å²) >= 11 is 0. The topological polar surface area (TPSA) is 50.8 Å². The second kappa shape index (κ2) is 7.61. The van der Waals surface area contributed by atoms with Crippen molar-refractivity contribution in [3.8, 4) is 17.5 Å². The van der Waals surface area contributed by atoms with Gasteiger partial charge < -0.3 is 33.2 Å². The van der Waals surface area contributed by atoms with E-state index in [2.05, 4.69) is 9.72 Å². The molecule has 0 spiro atoms. The van der Waals surface area contributed by atoms with Crippen LogP contribution < -0.4 is 28.7 Å². The third-order valence-corrected chi connectivity index (χ3v) is 3.28. The van der Waals surface area contributed by atoms with Crippen LogP contribution in [-0.4, -0.2) is 41.5 Å². The second-order valence-corrected chi connectivity index (χ2v) is 6.43. The molecule has 136 valence electrons. The number of imidazole rings is 1. The summed E-state index contributed by atoms with van der Waals surface area (Å²) in [7, 11) is 6.05. The highest BCUT2D eigenvalue weighted by atomic mass is 127. The summed E-state index contributed by atoms with van der Waals surface area (Å²) in [6.07, 6.45) is -3.23. The monoisotopic (exact) mass is 466 g/mol. The first-order valence-corrected chi connectivity index (χ1v) is 7.14. The zero-order chi connectivity index (χ0) is 18.1. The standard InChI is InChI=1S/C16H18F3N4O.HI/c1-11-15(9-23(2,3)4)22(10-21-11)14-6-5-13(7-12(14)8-20)24-16(17,18)19;/h5-7,10H,9H2,1-4H3;1H/q+1;/p-1. The Morgan fingerprint density at radius 1 is 1.28 bits per heavy atom. The third kappa shape index (κ3) is 5.61. The first-order chi connectivity index (χ1) is 11.0. The fourth-order valence-corrected chi connectivity index (χ4v) is 2.32. The zero-order valence-electron chi connectivity index (χ0n) is 14.2. The molecule has 1 heterocycles. The minimum absolute atomic E-state index is 0. The lowest BCUT2D eigenvalue weighted by atomic mass is 10.1. The van der Waals surface area contributed by atoms with E-state index in [-0.39, 0.29) is 29.5 Å². The molecule has 0 N–H and O–H groups in total. The summed E-state index contributed by atoms with van der Waals surface area (Å²) in [5.41, 5.74) is 2.25. The number of nitrogens with zero attached hydrogens (tertiary/aromatic N) is 4. The summed E-state index contributed by atoms with van der Waals surface area (Å²) in [5, 5.41) is 9.31. The Balaban J connectivity index is 0.00000312. The molecule has 0 radical (unpaired) electrons. The quantitative estimate of drug-likeness (QED) is 0.477. The molecule has 9 heteroatoms. The number of rotatable bonds is 4. The van der Waals surface area contributed by atoms with Gasteiger partial charge in [0.15, 0.2) is 0 Å². The van der Waals surface area contributed by atoms with Crippen molar-refractivity contribution in [1.82, 2.24) is 9.55 Å². The van der Waals surface area contributed by atoms with Crippen molar-refractivity contribution in [2.24, 2.45) is 0 Å². The molecule has 0 fully saturated rings. The lowest BCUT2D eigenvalue weighted by Gasteiger charge is -2.25. The van der Waals surface area contributed by atoms with Gasteiger partial charge >= 0.3 is 6.36 Å². The van der Waals surface area contributed by atoms with Crippen LogP contribution in [0.4, 0.5) is 13.2 Å². The maximum atomic E-state index is 12.3. The molecule has 0 aliphatic rings. The van der Waals surface area contributed by atoms with Crippen molar-refractivity contribution >= 4 is 0 Å². The van der Waals surface area contributed by atoms with E-state index in [9.17, 15) is 18.4 Å². The van der Waals surface area contributed by atoms with Gasteiger partial charge in [0.25, 0.3) is 0 Å². The van der Waals surface area contributed by atoms with Crippen LogP contribution >= 0.6 is 0 Å². The maximum absolute atomic E-state index is 12.3. The summed E-state index contributed by atoms with van der Waals surface area (Å²) < 4.78 is 43.2. The number of benzene rings is 1. The molecule has 1 aromatic carbocycles. The van der Waals surface area contributed by atoms with Crippen molar-refractivity contribution < 1.29 is 46.4 Å². The van der Waals surface area contributed by atoms with Crippen LogP contribution in [0, 0.1) is 18.3 Å². The molecular weight excluding hydrogens is 448 g/mol. The van der Waals surface area contributed by atoms with Crippen LogP contribution in [-0.2, 0) is 6.54 Å². The molecule has 0 bridgehead atoms. The molecule has 2 rings (SSSR count). The number of hydrogen-bond acceptors (Lipinski definition) is 3. The highest BCUT2D eigenvalue weighted by molar-refractivity contribution is 5.53. The summed E-state index contributed by atoms with van der Waals surface area (Å²) in [5.74, 6) is -0.423. The Bertz CT molecular complexity index is 788. The summed E-state index contributed by atoms with van der Waals surface area (Å²) in [6.45, 7) is 2.51. The Morgan fingerprint density at radius 3 is 2.44 bits per heavy atom. The van der Waals surface area contributed by atoms with Gasteiger partial charge in [-0.2, -0.15) is 5.26 Å². The van der Waals surface area contributed by atoms with Gasteiger partial charge in [0.05, 0.1) is 44.4 Å². The molecule has 0 aliphatic heterocycles. The van der Waals surface area contributed by atoms with Crippen LogP contribution in [0.1, 0.15) is 17.0 Å². The fraction of sp³-hybridized carbons (Fsp3) is 0.375. The second-order valence-electron chi connectivity index (χ2n) is 6.43. The lowest BCUT2D eigenvalue weighted by molar-refractivity contribution is -0.884. The molecule has 1 aromatic heterocycles. The van der Waals surface area contributed by atoms with Gasteiger partial charge in [-0.25, -0.2) is 4.98 Å². The third-order valence-electron chi connectivity index (χ3n) is 3.28. The van der Waals surface area contributed by atoms with Gasteiger partial charge in [-0.3, -0.25) is 4.57 Å². The van der Waals surface area contributed by atoms with E-state index < -0.39 is 12.1 Å². The molecule has 25 heavy (non-hydrogen) atoms.